The summed E-state index contributed by atoms with van der Waals surface area (Å²) < 4.78 is 0. The highest BCUT2D eigenvalue weighted by Gasteiger charge is 2.01. The molecule has 3 nitrogen and oxygen atoms in total. The Kier molecular flexibility index (Phi) is 28.0. The summed E-state index contributed by atoms with van der Waals surface area (Å²) in [6, 6.07) is 0. The third-order valence-electron chi connectivity index (χ3n) is 5.18. The standard InChI is InChI=1S/C23H48N2O.C2H6/c1-4-5-6-7-8-9-10-11-12-13-14-15-16-17-18-20-23(26)24-21-19-22-25(2)3;1-2/h4-22H2,1-3H3,(H,24,26);1-2H3/p+1. The molecule has 3 heteroatoms. The number of amides is 1. The van der Waals surface area contributed by atoms with Gasteiger partial charge in [-0.05, 0) is 6.42 Å². The lowest BCUT2D eigenvalue weighted by Gasteiger charge is -2.08. The van der Waals surface area contributed by atoms with Crippen LogP contribution in [0.1, 0.15) is 130 Å². The quantitative estimate of drug-likeness (QED) is 0.245. The van der Waals surface area contributed by atoms with Crippen molar-refractivity contribution in [1.82, 2.24) is 5.32 Å². The van der Waals surface area contributed by atoms with E-state index < -0.39 is 0 Å². The molecule has 0 aromatic heterocycles. The van der Waals surface area contributed by atoms with E-state index in [0.717, 1.165) is 25.9 Å². The first-order valence-corrected chi connectivity index (χ1v) is 12.7. The van der Waals surface area contributed by atoms with E-state index in [1.165, 1.54) is 94.8 Å². The lowest BCUT2D eigenvalue weighted by atomic mass is 10.0. The van der Waals surface area contributed by atoms with Gasteiger partial charge in [-0.1, -0.05) is 111 Å². The molecule has 0 spiro atoms. The summed E-state index contributed by atoms with van der Waals surface area (Å²) in [6.07, 6.45) is 22.4. The second-order valence-electron chi connectivity index (χ2n) is 8.36. The van der Waals surface area contributed by atoms with Crippen molar-refractivity contribution in [1.29, 1.82) is 0 Å². The maximum Gasteiger partial charge on any atom is 0.219 e. The predicted octanol–water partition coefficient (Wildman–Crippen LogP) is 5.92. The van der Waals surface area contributed by atoms with E-state index in [0.29, 0.717) is 6.42 Å². The van der Waals surface area contributed by atoms with Crippen LogP contribution in [0, 0.1) is 0 Å². The maximum absolute atomic E-state index is 11.7. The van der Waals surface area contributed by atoms with Crippen LogP contribution in [-0.2, 0) is 4.79 Å². The molecule has 0 bridgehead atoms. The van der Waals surface area contributed by atoms with Crippen molar-refractivity contribution >= 4 is 5.91 Å². The summed E-state index contributed by atoms with van der Waals surface area (Å²) in [6.45, 7) is 8.24. The van der Waals surface area contributed by atoms with Crippen molar-refractivity contribution in [3.05, 3.63) is 0 Å². The maximum atomic E-state index is 11.7. The van der Waals surface area contributed by atoms with Gasteiger partial charge in [0.1, 0.15) is 0 Å². The first-order chi connectivity index (χ1) is 13.7. The Hall–Kier alpha value is -0.570. The molecule has 0 saturated carbocycles. The fraction of sp³-hybridized carbons (Fsp3) is 0.960. The SMILES string of the molecule is CC.CCCCCCCCCCCCCCCCCC(=O)NCCC[NH+](C)C. The van der Waals surface area contributed by atoms with Gasteiger partial charge in [-0.2, -0.15) is 0 Å². The summed E-state index contributed by atoms with van der Waals surface area (Å²) in [5.41, 5.74) is 0. The molecule has 0 aliphatic carbocycles. The first kappa shape index (κ1) is 29.6. The molecular formula is C25H55N2O+. The summed E-state index contributed by atoms with van der Waals surface area (Å²) in [5.74, 6) is 0.244. The summed E-state index contributed by atoms with van der Waals surface area (Å²) in [4.78, 5) is 13.1. The van der Waals surface area contributed by atoms with Crippen molar-refractivity contribution in [3.63, 3.8) is 0 Å². The molecule has 0 aliphatic heterocycles. The molecule has 2 N–H and O–H groups in total. The number of hydrogen-bond acceptors (Lipinski definition) is 1. The van der Waals surface area contributed by atoms with Crippen LogP contribution in [0.5, 0.6) is 0 Å². The Morgan fingerprint density at radius 1 is 0.643 bits per heavy atom. The Balaban J connectivity index is 0. The topological polar surface area (TPSA) is 33.5 Å². The number of hydrogen-bond donors (Lipinski definition) is 2. The summed E-state index contributed by atoms with van der Waals surface area (Å²) >= 11 is 0. The van der Waals surface area contributed by atoms with Crippen LogP contribution in [0.3, 0.4) is 0 Å². The smallest absolute Gasteiger partial charge is 0.219 e. The summed E-state index contributed by atoms with van der Waals surface area (Å²) in [5, 5.41) is 3.04. The Morgan fingerprint density at radius 3 is 1.43 bits per heavy atom. The molecule has 0 radical (unpaired) electrons. The van der Waals surface area contributed by atoms with Gasteiger partial charge in [-0.15, -0.1) is 0 Å². The molecule has 0 aromatic rings. The molecule has 0 unspecified atom stereocenters. The van der Waals surface area contributed by atoms with Crippen LogP contribution < -0.4 is 10.2 Å². The zero-order chi connectivity index (χ0) is 21.3. The van der Waals surface area contributed by atoms with E-state index in [-0.39, 0.29) is 5.91 Å². The fourth-order valence-electron chi connectivity index (χ4n) is 3.42. The van der Waals surface area contributed by atoms with Crippen molar-refractivity contribution in [2.45, 2.75) is 130 Å². The number of rotatable bonds is 20. The zero-order valence-corrected chi connectivity index (χ0v) is 20.3. The predicted molar refractivity (Wildman–Crippen MR) is 126 cm³/mol. The van der Waals surface area contributed by atoms with Crippen LogP contribution in [-0.4, -0.2) is 33.1 Å². The second kappa shape index (κ2) is 26.4. The second-order valence-corrected chi connectivity index (χ2v) is 8.36. The molecule has 0 aromatic carbocycles. The molecule has 28 heavy (non-hydrogen) atoms. The van der Waals surface area contributed by atoms with Crippen molar-refractivity contribution in [3.8, 4) is 0 Å². The highest BCUT2D eigenvalue weighted by Crippen LogP contribution is 2.13. The molecule has 0 rings (SSSR count). The monoisotopic (exact) mass is 399 g/mol. The van der Waals surface area contributed by atoms with E-state index in [4.69, 9.17) is 0 Å². The van der Waals surface area contributed by atoms with Gasteiger partial charge < -0.3 is 10.2 Å². The average molecular weight is 400 g/mol. The van der Waals surface area contributed by atoms with Gasteiger partial charge in [0.05, 0.1) is 20.6 Å². The molecular weight excluding hydrogens is 344 g/mol. The molecule has 1 amide bonds. The minimum absolute atomic E-state index is 0.244. The number of unbranched alkanes of at least 4 members (excludes halogenated alkanes) is 14. The van der Waals surface area contributed by atoms with Gasteiger partial charge in [-0.3, -0.25) is 4.79 Å². The Labute approximate surface area is 178 Å². The Bertz CT molecular complexity index is 292. The average Bonchev–Trinajstić information content (AvgIpc) is 2.69. The molecule has 0 atom stereocenters. The highest BCUT2D eigenvalue weighted by molar-refractivity contribution is 5.75. The molecule has 0 saturated heterocycles. The normalized spacial score (nSPS) is 10.6. The van der Waals surface area contributed by atoms with E-state index in [2.05, 4.69) is 26.3 Å². The van der Waals surface area contributed by atoms with Crippen LogP contribution in [0.25, 0.3) is 0 Å². The van der Waals surface area contributed by atoms with Gasteiger partial charge in [0, 0.05) is 19.4 Å². The lowest BCUT2D eigenvalue weighted by Crippen LogP contribution is -3.05. The van der Waals surface area contributed by atoms with E-state index in [1.807, 2.05) is 13.8 Å². The molecule has 0 fully saturated rings. The van der Waals surface area contributed by atoms with E-state index in [9.17, 15) is 4.79 Å². The minimum atomic E-state index is 0.244. The van der Waals surface area contributed by atoms with Crippen LogP contribution >= 0.6 is 0 Å². The number of carbonyl (C=O) groups excluding carboxylic acids is 1. The molecule has 0 heterocycles. The van der Waals surface area contributed by atoms with Crippen LogP contribution in [0.2, 0.25) is 0 Å². The van der Waals surface area contributed by atoms with E-state index >= 15 is 0 Å². The van der Waals surface area contributed by atoms with Gasteiger partial charge in [-0.25, -0.2) is 0 Å². The zero-order valence-electron chi connectivity index (χ0n) is 20.3. The first-order valence-electron chi connectivity index (χ1n) is 12.7. The molecule has 170 valence electrons. The van der Waals surface area contributed by atoms with Crippen molar-refractivity contribution < 1.29 is 9.69 Å². The van der Waals surface area contributed by atoms with E-state index in [1.54, 1.807) is 0 Å². The largest absolute Gasteiger partial charge is 0.356 e. The van der Waals surface area contributed by atoms with Crippen molar-refractivity contribution in [2.75, 3.05) is 27.2 Å². The summed E-state index contributed by atoms with van der Waals surface area (Å²) in [7, 11) is 4.30. The third kappa shape index (κ3) is 27.6. The van der Waals surface area contributed by atoms with Crippen molar-refractivity contribution in [2.24, 2.45) is 0 Å². The number of nitrogens with one attached hydrogen (secondary N) is 2. The van der Waals surface area contributed by atoms with Crippen LogP contribution in [0.4, 0.5) is 0 Å². The Morgan fingerprint density at radius 2 is 1.04 bits per heavy atom. The lowest BCUT2D eigenvalue weighted by molar-refractivity contribution is -0.858. The van der Waals surface area contributed by atoms with Gasteiger partial charge in [0.15, 0.2) is 0 Å². The van der Waals surface area contributed by atoms with Gasteiger partial charge >= 0.3 is 0 Å². The third-order valence-corrected chi connectivity index (χ3v) is 5.18. The highest BCUT2D eigenvalue weighted by atomic mass is 16.1. The minimum Gasteiger partial charge on any atom is -0.356 e. The van der Waals surface area contributed by atoms with Gasteiger partial charge in [0.2, 0.25) is 5.91 Å². The number of quaternary nitrogens is 1. The van der Waals surface area contributed by atoms with Gasteiger partial charge in [0.25, 0.3) is 0 Å². The number of carbonyl (C=O) groups is 1. The van der Waals surface area contributed by atoms with Crippen LogP contribution in [0.15, 0.2) is 0 Å². The fourth-order valence-corrected chi connectivity index (χ4v) is 3.42. The molecule has 0 aliphatic rings.